The fourth-order valence-electron chi connectivity index (χ4n) is 2.99. The van der Waals surface area contributed by atoms with E-state index in [4.69, 9.17) is 9.47 Å². The SMILES string of the molecule is CCOC(=O)CCCCCOc1cc(C)ccc1-c1ccccc1C(=O)NC. The van der Waals surface area contributed by atoms with Crippen LogP contribution < -0.4 is 10.1 Å². The van der Waals surface area contributed by atoms with Crippen molar-refractivity contribution in [1.29, 1.82) is 0 Å². The first kappa shape index (κ1) is 21.5. The van der Waals surface area contributed by atoms with Crippen molar-refractivity contribution >= 4 is 11.9 Å². The molecule has 5 heteroatoms. The minimum Gasteiger partial charge on any atom is -0.493 e. The molecule has 0 aliphatic rings. The average Bonchev–Trinajstić information content (AvgIpc) is 2.70. The van der Waals surface area contributed by atoms with E-state index in [2.05, 4.69) is 5.32 Å². The standard InChI is InChI=1S/C23H29NO4/c1-4-27-22(25)12-6-5-9-15-28-21-16-17(2)13-14-19(21)18-10-7-8-11-20(18)23(26)24-3/h7-8,10-11,13-14,16H,4-6,9,12,15H2,1-3H3,(H,24,26). The molecule has 0 saturated carbocycles. The summed E-state index contributed by atoms with van der Waals surface area (Å²) in [6.07, 6.45) is 2.99. The lowest BCUT2D eigenvalue weighted by molar-refractivity contribution is -0.143. The molecule has 0 aliphatic heterocycles. The van der Waals surface area contributed by atoms with Gasteiger partial charge in [0.15, 0.2) is 0 Å². The summed E-state index contributed by atoms with van der Waals surface area (Å²) in [7, 11) is 1.63. The Morgan fingerprint density at radius 2 is 1.79 bits per heavy atom. The van der Waals surface area contributed by atoms with E-state index < -0.39 is 0 Å². The van der Waals surface area contributed by atoms with Crippen molar-refractivity contribution < 1.29 is 19.1 Å². The smallest absolute Gasteiger partial charge is 0.305 e. The third-order valence-electron chi connectivity index (χ3n) is 4.41. The zero-order valence-corrected chi connectivity index (χ0v) is 16.9. The van der Waals surface area contributed by atoms with E-state index in [9.17, 15) is 9.59 Å². The number of carbonyl (C=O) groups excluding carboxylic acids is 2. The molecule has 2 aromatic carbocycles. The van der Waals surface area contributed by atoms with Crippen molar-refractivity contribution in [3.63, 3.8) is 0 Å². The lowest BCUT2D eigenvalue weighted by Crippen LogP contribution is -2.18. The van der Waals surface area contributed by atoms with Crippen LogP contribution in [0.5, 0.6) is 5.75 Å². The summed E-state index contributed by atoms with van der Waals surface area (Å²) < 4.78 is 11.0. The molecule has 0 bridgehead atoms. The van der Waals surface area contributed by atoms with E-state index in [1.165, 1.54) is 0 Å². The number of benzene rings is 2. The first-order chi connectivity index (χ1) is 13.6. The fourth-order valence-corrected chi connectivity index (χ4v) is 2.99. The molecule has 0 aromatic heterocycles. The Morgan fingerprint density at radius 3 is 2.54 bits per heavy atom. The highest BCUT2D eigenvalue weighted by Gasteiger charge is 2.15. The van der Waals surface area contributed by atoms with Crippen molar-refractivity contribution in [2.24, 2.45) is 0 Å². The van der Waals surface area contributed by atoms with Gasteiger partial charge in [0.25, 0.3) is 5.91 Å². The van der Waals surface area contributed by atoms with Crippen molar-refractivity contribution in [3.05, 3.63) is 53.6 Å². The molecule has 0 heterocycles. The predicted molar refractivity (Wildman–Crippen MR) is 111 cm³/mol. The fraction of sp³-hybridized carbons (Fsp3) is 0.391. The maximum Gasteiger partial charge on any atom is 0.305 e. The zero-order valence-electron chi connectivity index (χ0n) is 16.9. The third-order valence-corrected chi connectivity index (χ3v) is 4.41. The number of amides is 1. The number of unbranched alkanes of at least 4 members (excludes halogenated alkanes) is 2. The molecule has 0 radical (unpaired) electrons. The summed E-state index contributed by atoms with van der Waals surface area (Å²) in [6, 6.07) is 13.5. The van der Waals surface area contributed by atoms with Gasteiger partial charge in [0.05, 0.1) is 13.2 Å². The van der Waals surface area contributed by atoms with Gasteiger partial charge in [-0.15, -0.1) is 0 Å². The minimum atomic E-state index is -0.143. The van der Waals surface area contributed by atoms with E-state index >= 15 is 0 Å². The summed E-state index contributed by atoms with van der Waals surface area (Å²) in [6.45, 7) is 4.81. The Kier molecular flexibility index (Phi) is 8.53. The predicted octanol–water partition coefficient (Wildman–Crippen LogP) is 4.52. The van der Waals surface area contributed by atoms with E-state index in [1.54, 1.807) is 7.05 Å². The second-order valence-corrected chi connectivity index (χ2v) is 6.59. The van der Waals surface area contributed by atoms with Crippen molar-refractivity contribution in [2.45, 2.75) is 39.5 Å². The van der Waals surface area contributed by atoms with E-state index in [0.29, 0.717) is 25.2 Å². The first-order valence-electron chi connectivity index (χ1n) is 9.77. The molecule has 2 rings (SSSR count). The normalized spacial score (nSPS) is 10.4. The van der Waals surface area contributed by atoms with Crippen molar-refractivity contribution in [1.82, 2.24) is 5.32 Å². The van der Waals surface area contributed by atoms with Gasteiger partial charge in [0, 0.05) is 24.6 Å². The van der Waals surface area contributed by atoms with Crippen LogP contribution in [0.3, 0.4) is 0 Å². The van der Waals surface area contributed by atoms with Crippen LogP contribution in [0.4, 0.5) is 0 Å². The van der Waals surface area contributed by atoms with Gasteiger partial charge in [-0.1, -0.05) is 30.3 Å². The molecular weight excluding hydrogens is 354 g/mol. The molecule has 0 saturated heterocycles. The van der Waals surface area contributed by atoms with E-state index in [1.807, 2.05) is 56.3 Å². The summed E-state index contributed by atoms with van der Waals surface area (Å²) in [5.41, 5.74) is 3.46. The largest absolute Gasteiger partial charge is 0.493 e. The average molecular weight is 383 g/mol. The molecule has 1 N–H and O–H groups in total. The van der Waals surface area contributed by atoms with Crippen molar-refractivity contribution in [3.8, 4) is 16.9 Å². The molecule has 28 heavy (non-hydrogen) atoms. The number of hydrogen-bond acceptors (Lipinski definition) is 4. The van der Waals surface area contributed by atoms with Crippen LogP contribution in [0, 0.1) is 6.92 Å². The second-order valence-electron chi connectivity index (χ2n) is 6.59. The molecule has 1 amide bonds. The Bertz CT molecular complexity index is 801. The van der Waals surface area contributed by atoms with Crippen LogP contribution in [-0.4, -0.2) is 32.1 Å². The summed E-state index contributed by atoms with van der Waals surface area (Å²) in [4.78, 5) is 23.6. The van der Waals surface area contributed by atoms with Gasteiger partial charge in [-0.3, -0.25) is 9.59 Å². The highest BCUT2D eigenvalue weighted by Crippen LogP contribution is 2.33. The van der Waals surface area contributed by atoms with Crippen LogP contribution in [0.15, 0.2) is 42.5 Å². The summed E-state index contributed by atoms with van der Waals surface area (Å²) in [5.74, 6) is 0.498. The van der Waals surface area contributed by atoms with E-state index in [-0.39, 0.29) is 11.9 Å². The minimum absolute atomic E-state index is 0.124. The Morgan fingerprint density at radius 1 is 1.00 bits per heavy atom. The van der Waals surface area contributed by atoms with Gasteiger partial charge in [-0.05, 0) is 56.4 Å². The molecule has 0 aliphatic carbocycles. The van der Waals surface area contributed by atoms with Gasteiger partial charge in [-0.25, -0.2) is 0 Å². The molecule has 150 valence electrons. The molecule has 2 aromatic rings. The van der Waals surface area contributed by atoms with Gasteiger partial charge >= 0.3 is 5.97 Å². The van der Waals surface area contributed by atoms with Gasteiger partial charge < -0.3 is 14.8 Å². The quantitative estimate of drug-likeness (QED) is 0.484. The molecule has 5 nitrogen and oxygen atoms in total. The van der Waals surface area contributed by atoms with Crippen molar-refractivity contribution in [2.75, 3.05) is 20.3 Å². The number of aryl methyl sites for hydroxylation is 1. The molecule has 0 atom stereocenters. The molecule has 0 spiro atoms. The lowest BCUT2D eigenvalue weighted by Gasteiger charge is -2.15. The third kappa shape index (κ3) is 6.12. The Hall–Kier alpha value is -2.82. The first-order valence-corrected chi connectivity index (χ1v) is 9.77. The van der Waals surface area contributed by atoms with Gasteiger partial charge in [-0.2, -0.15) is 0 Å². The van der Waals surface area contributed by atoms with Crippen LogP contribution in [0.2, 0.25) is 0 Å². The number of hydrogen-bond donors (Lipinski definition) is 1. The number of ether oxygens (including phenoxy) is 2. The number of esters is 1. The van der Waals surface area contributed by atoms with Crippen LogP contribution >= 0.6 is 0 Å². The highest BCUT2D eigenvalue weighted by atomic mass is 16.5. The Balaban J connectivity index is 2.04. The second kappa shape index (κ2) is 11.1. The molecule has 0 fully saturated rings. The Labute approximate surface area is 167 Å². The molecule has 0 unspecified atom stereocenters. The van der Waals surface area contributed by atoms with Gasteiger partial charge in [0.1, 0.15) is 5.75 Å². The van der Waals surface area contributed by atoms with Gasteiger partial charge in [0.2, 0.25) is 0 Å². The number of nitrogens with one attached hydrogen (secondary N) is 1. The van der Waals surface area contributed by atoms with Crippen LogP contribution in [0.1, 0.15) is 48.5 Å². The highest BCUT2D eigenvalue weighted by molar-refractivity contribution is 6.01. The summed E-state index contributed by atoms with van der Waals surface area (Å²) in [5, 5.41) is 2.69. The van der Waals surface area contributed by atoms with E-state index in [0.717, 1.165) is 41.7 Å². The topological polar surface area (TPSA) is 64.6 Å². The molecular formula is C23H29NO4. The summed E-state index contributed by atoms with van der Waals surface area (Å²) >= 11 is 0. The zero-order chi connectivity index (χ0) is 20.4. The maximum atomic E-state index is 12.2. The van der Waals surface area contributed by atoms with Crippen LogP contribution in [0.25, 0.3) is 11.1 Å². The van der Waals surface area contributed by atoms with Crippen LogP contribution in [-0.2, 0) is 9.53 Å². The lowest BCUT2D eigenvalue weighted by atomic mass is 9.97. The monoisotopic (exact) mass is 383 g/mol. The number of rotatable bonds is 10. The number of carbonyl (C=O) groups is 2. The maximum absolute atomic E-state index is 12.2.